The Kier molecular flexibility index (Phi) is 4.90. The number of rotatable bonds is 2. The van der Waals surface area contributed by atoms with Gasteiger partial charge in [0, 0.05) is 24.0 Å². The molecule has 120 valence electrons. The molecule has 2 rings (SSSR count). The molecule has 0 radical (unpaired) electrons. The minimum atomic E-state index is -0.494. The summed E-state index contributed by atoms with van der Waals surface area (Å²) in [5.74, 6) is -0.327. The van der Waals surface area contributed by atoms with Crippen molar-refractivity contribution in [1.82, 2.24) is 4.90 Å². The van der Waals surface area contributed by atoms with Crippen LogP contribution in [-0.4, -0.2) is 42.8 Å². The number of thiophene rings is 1. The van der Waals surface area contributed by atoms with Crippen LogP contribution >= 0.6 is 11.3 Å². The number of hydrogen-bond donors (Lipinski definition) is 0. The number of methoxy groups -OCH3 is 1. The zero-order valence-electron chi connectivity index (χ0n) is 13.3. The van der Waals surface area contributed by atoms with E-state index in [9.17, 15) is 9.59 Å². The molecule has 0 unspecified atom stereocenters. The average Bonchev–Trinajstić information content (AvgIpc) is 2.94. The SMILES string of the molecule is COC(=O)c1cscc1C1=CCN(C(=O)OC(C)(C)C)CC1. The molecule has 0 saturated heterocycles. The normalized spacial score (nSPS) is 15.3. The van der Waals surface area contributed by atoms with Gasteiger partial charge in [0.05, 0.1) is 12.7 Å². The number of carbonyl (C=O) groups is 2. The third kappa shape index (κ3) is 3.88. The summed E-state index contributed by atoms with van der Waals surface area (Å²) in [7, 11) is 1.38. The molecule has 1 amide bonds. The molecular formula is C16H21NO4S. The second kappa shape index (κ2) is 6.52. The van der Waals surface area contributed by atoms with Crippen molar-refractivity contribution in [1.29, 1.82) is 0 Å². The van der Waals surface area contributed by atoms with E-state index in [1.54, 1.807) is 10.3 Å². The van der Waals surface area contributed by atoms with Gasteiger partial charge in [-0.1, -0.05) is 6.08 Å². The highest BCUT2D eigenvalue weighted by Gasteiger charge is 2.25. The molecule has 2 heterocycles. The summed E-state index contributed by atoms with van der Waals surface area (Å²) >= 11 is 1.47. The van der Waals surface area contributed by atoms with Gasteiger partial charge < -0.3 is 14.4 Å². The van der Waals surface area contributed by atoms with Crippen molar-refractivity contribution in [2.75, 3.05) is 20.2 Å². The number of nitrogens with zero attached hydrogens (tertiary/aromatic N) is 1. The Labute approximate surface area is 134 Å². The lowest BCUT2D eigenvalue weighted by Crippen LogP contribution is -2.39. The van der Waals surface area contributed by atoms with Crippen LogP contribution in [0.2, 0.25) is 0 Å². The third-order valence-corrected chi connectivity index (χ3v) is 4.02. The Morgan fingerprint density at radius 3 is 2.55 bits per heavy atom. The van der Waals surface area contributed by atoms with Gasteiger partial charge in [-0.05, 0) is 38.1 Å². The lowest BCUT2D eigenvalue weighted by atomic mass is 9.99. The summed E-state index contributed by atoms with van der Waals surface area (Å²) in [6, 6.07) is 0. The molecule has 22 heavy (non-hydrogen) atoms. The number of carbonyl (C=O) groups excluding carboxylic acids is 2. The first-order valence-electron chi connectivity index (χ1n) is 7.13. The lowest BCUT2D eigenvalue weighted by molar-refractivity contribution is 0.0270. The standard InChI is InChI=1S/C16H21NO4S/c1-16(2,3)21-15(19)17-7-5-11(6-8-17)12-9-22-10-13(12)14(18)20-4/h5,9-10H,6-8H2,1-4H3. The second-order valence-corrected chi connectivity index (χ2v) is 6.84. The van der Waals surface area contributed by atoms with Crippen molar-refractivity contribution in [2.24, 2.45) is 0 Å². The van der Waals surface area contributed by atoms with Gasteiger partial charge in [0.25, 0.3) is 0 Å². The van der Waals surface area contributed by atoms with Crippen LogP contribution < -0.4 is 0 Å². The predicted molar refractivity (Wildman–Crippen MR) is 86.1 cm³/mol. The molecule has 0 atom stereocenters. The first-order valence-corrected chi connectivity index (χ1v) is 8.08. The summed E-state index contributed by atoms with van der Waals surface area (Å²) in [5.41, 5.74) is 2.07. The summed E-state index contributed by atoms with van der Waals surface area (Å²) in [4.78, 5) is 25.4. The minimum absolute atomic E-state index is 0.304. The first kappa shape index (κ1) is 16.5. The van der Waals surface area contributed by atoms with Crippen LogP contribution in [0.1, 0.15) is 43.1 Å². The van der Waals surface area contributed by atoms with Crippen molar-refractivity contribution in [2.45, 2.75) is 32.8 Å². The molecule has 0 aromatic carbocycles. The number of hydrogen-bond acceptors (Lipinski definition) is 5. The molecule has 1 aromatic rings. The zero-order valence-corrected chi connectivity index (χ0v) is 14.2. The van der Waals surface area contributed by atoms with E-state index in [1.165, 1.54) is 18.4 Å². The fraction of sp³-hybridized carbons (Fsp3) is 0.500. The molecule has 0 bridgehead atoms. The number of ether oxygens (including phenoxy) is 2. The van der Waals surface area contributed by atoms with Gasteiger partial charge in [-0.15, -0.1) is 0 Å². The maximum Gasteiger partial charge on any atom is 0.410 e. The molecule has 0 spiro atoms. The monoisotopic (exact) mass is 323 g/mol. The smallest absolute Gasteiger partial charge is 0.410 e. The molecule has 1 aliphatic rings. The van der Waals surface area contributed by atoms with Crippen LogP contribution in [0, 0.1) is 0 Å². The zero-order chi connectivity index (χ0) is 16.3. The second-order valence-electron chi connectivity index (χ2n) is 6.10. The van der Waals surface area contributed by atoms with Gasteiger partial charge in [0.2, 0.25) is 0 Å². The van der Waals surface area contributed by atoms with Gasteiger partial charge in [-0.25, -0.2) is 9.59 Å². The van der Waals surface area contributed by atoms with E-state index in [0.29, 0.717) is 25.1 Å². The Balaban J connectivity index is 2.08. The summed E-state index contributed by atoms with van der Waals surface area (Å²) in [6.07, 6.45) is 2.36. The summed E-state index contributed by atoms with van der Waals surface area (Å²) < 4.78 is 10.2. The van der Waals surface area contributed by atoms with Crippen molar-refractivity contribution in [3.8, 4) is 0 Å². The molecule has 1 aliphatic heterocycles. The van der Waals surface area contributed by atoms with E-state index in [-0.39, 0.29) is 12.1 Å². The number of esters is 1. The average molecular weight is 323 g/mol. The molecular weight excluding hydrogens is 302 g/mol. The quantitative estimate of drug-likeness (QED) is 0.781. The van der Waals surface area contributed by atoms with E-state index < -0.39 is 5.60 Å². The van der Waals surface area contributed by atoms with Crippen LogP contribution in [0.3, 0.4) is 0 Å². The Morgan fingerprint density at radius 1 is 1.27 bits per heavy atom. The third-order valence-electron chi connectivity index (χ3n) is 3.27. The van der Waals surface area contributed by atoms with Gasteiger partial charge in [0.15, 0.2) is 0 Å². The van der Waals surface area contributed by atoms with Gasteiger partial charge >= 0.3 is 12.1 Å². The molecule has 1 aromatic heterocycles. The van der Waals surface area contributed by atoms with Crippen LogP contribution in [0.4, 0.5) is 4.79 Å². The minimum Gasteiger partial charge on any atom is -0.465 e. The Morgan fingerprint density at radius 2 is 2.00 bits per heavy atom. The maximum atomic E-state index is 12.0. The van der Waals surface area contributed by atoms with Gasteiger partial charge in [0.1, 0.15) is 5.60 Å². The van der Waals surface area contributed by atoms with Crippen LogP contribution in [0.25, 0.3) is 5.57 Å². The first-order chi connectivity index (χ1) is 10.3. The van der Waals surface area contributed by atoms with E-state index in [4.69, 9.17) is 9.47 Å². The van der Waals surface area contributed by atoms with Crippen molar-refractivity contribution in [3.05, 3.63) is 28.0 Å². The van der Waals surface area contributed by atoms with Gasteiger partial charge in [-0.2, -0.15) is 11.3 Å². The molecule has 5 nitrogen and oxygen atoms in total. The van der Waals surface area contributed by atoms with E-state index in [0.717, 1.165) is 11.1 Å². The predicted octanol–water partition coefficient (Wildman–Crippen LogP) is 3.56. The van der Waals surface area contributed by atoms with E-state index >= 15 is 0 Å². The van der Waals surface area contributed by atoms with E-state index in [2.05, 4.69) is 0 Å². The summed E-state index contributed by atoms with van der Waals surface area (Å²) in [5, 5.41) is 3.74. The van der Waals surface area contributed by atoms with Crippen LogP contribution in [0.5, 0.6) is 0 Å². The molecule has 6 heteroatoms. The highest BCUT2D eigenvalue weighted by Crippen LogP contribution is 2.29. The van der Waals surface area contributed by atoms with E-state index in [1.807, 2.05) is 32.2 Å². The molecule has 0 fully saturated rings. The topological polar surface area (TPSA) is 55.8 Å². The fourth-order valence-electron chi connectivity index (χ4n) is 2.22. The Hall–Kier alpha value is -1.82. The van der Waals surface area contributed by atoms with Crippen molar-refractivity contribution >= 4 is 29.0 Å². The highest BCUT2D eigenvalue weighted by molar-refractivity contribution is 7.08. The fourth-order valence-corrected chi connectivity index (χ4v) is 3.06. The largest absolute Gasteiger partial charge is 0.465 e. The highest BCUT2D eigenvalue weighted by atomic mass is 32.1. The molecule has 0 saturated carbocycles. The van der Waals surface area contributed by atoms with Crippen molar-refractivity contribution in [3.63, 3.8) is 0 Å². The van der Waals surface area contributed by atoms with Gasteiger partial charge in [-0.3, -0.25) is 0 Å². The lowest BCUT2D eigenvalue weighted by Gasteiger charge is -2.29. The maximum absolute atomic E-state index is 12.0. The van der Waals surface area contributed by atoms with Crippen molar-refractivity contribution < 1.29 is 19.1 Å². The molecule has 0 aliphatic carbocycles. The van der Waals surface area contributed by atoms with Crippen LogP contribution in [0.15, 0.2) is 16.8 Å². The summed E-state index contributed by atoms with van der Waals surface area (Å²) in [6.45, 7) is 6.62. The van der Waals surface area contributed by atoms with Crippen LogP contribution in [-0.2, 0) is 9.47 Å². The number of amides is 1. The Bertz CT molecular complexity index is 598. The molecule has 0 N–H and O–H groups in total.